The van der Waals surface area contributed by atoms with Crippen molar-refractivity contribution in [1.82, 2.24) is 9.78 Å². The quantitative estimate of drug-likeness (QED) is 0.869. The van der Waals surface area contributed by atoms with Gasteiger partial charge < -0.3 is 5.32 Å². The molecule has 0 fully saturated rings. The van der Waals surface area contributed by atoms with E-state index in [1.165, 1.54) is 0 Å². The van der Waals surface area contributed by atoms with Crippen molar-refractivity contribution < 1.29 is 0 Å². The van der Waals surface area contributed by atoms with Gasteiger partial charge in [0.15, 0.2) is 0 Å². The molecule has 5 heteroatoms. The smallest absolute Gasteiger partial charge is 0.133 e. The third-order valence-corrected chi connectivity index (χ3v) is 3.47. The van der Waals surface area contributed by atoms with Crippen molar-refractivity contribution in [2.24, 2.45) is 12.0 Å². The summed E-state index contributed by atoms with van der Waals surface area (Å²) < 4.78 is 1.87. The molecule has 0 aliphatic carbocycles. The van der Waals surface area contributed by atoms with Crippen LogP contribution in [0.3, 0.4) is 0 Å². The van der Waals surface area contributed by atoms with E-state index in [9.17, 15) is 0 Å². The van der Waals surface area contributed by atoms with Crippen LogP contribution in [0.5, 0.6) is 0 Å². The first-order valence-electron chi connectivity index (χ1n) is 6.25. The van der Waals surface area contributed by atoms with Gasteiger partial charge >= 0.3 is 0 Å². The Morgan fingerprint density at radius 2 is 2.21 bits per heavy atom. The Kier molecular flexibility index (Phi) is 3.03. The zero-order valence-corrected chi connectivity index (χ0v) is 11.7. The van der Waals surface area contributed by atoms with Crippen LogP contribution in [-0.2, 0) is 7.05 Å². The summed E-state index contributed by atoms with van der Waals surface area (Å²) in [7, 11) is 1.94. The zero-order chi connectivity index (χ0) is 13.4. The van der Waals surface area contributed by atoms with Crippen LogP contribution in [0.4, 0.5) is 5.82 Å². The van der Waals surface area contributed by atoms with Gasteiger partial charge in [-0.05, 0) is 19.1 Å². The molecule has 0 saturated carbocycles. The van der Waals surface area contributed by atoms with E-state index in [4.69, 9.17) is 16.6 Å². The standard InChI is InChI=1S/C14H15ClN4/c1-9-12-13(10-4-3-5-11(15)8-10)16-6-7-17-14(12)19(2)18-9/h3-5,8,17H,6-7H2,1-2H3. The van der Waals surface area contributed by atoms with E-state index in [-0.39, 0.29) is 0 Å². The highest BCUT2D eigenvalue weighted by atomic mass is 35.5. The largest absolute Gasteiger partial charge is 0.368 e. The molecule has 1 aromatic carbocycles. The van der Waals surface area contributed by atoms with Crippen molar-refractivity contribution in [1.29, 1.82) is 0 Å². The maximum Gasteiger partial charge on any atom is 0.133 e. The van der Waals surface area contributed by atoms with E-state index < -0.39 is 0 Å². The van der Waals surface area contributed by atoms with Gasteiger partial charge in [0.05, 0.1) is 23.5 Å². The summed E-state index contributed by atoms with van der Waals surface area (Å²) in [5.74, 6) is 1.02. The number of hydrogen-bond donors (Lipinski definition) is 1. The van der Waals surface area contributed by atoms with Crippen molar-refractivity contribution >= 4 is 23.1 Å². The molecule has 0 spiro atoms. The molecule has 3 rings (SSSR count). The average molecular weight is 275 g/mol. The Morgan fingerprint density at radius 1 is 1.37 bits per heavy atom. The first-order valence-corrected chi connectivity index (χ1v) is 6.63. The highest BCUT2D eigenvalue weighted by Crippen LogP contribution is 2.25. The molecule has 1 aliphatic heterocycles. The number of aryl methyl sites for hydroxylation is 2. The molecule has 19 heavy (non-hydrogen) atoms. The minimum atomic E-state index is 0.723. The third kappa shape index (κ3) is 2.12. The average Bonchev–Trinajstić information content (AvgIpc) is 2.57. The predicted octanol–water partition coefficient (Wildman–Crippen LogP) is 2.64. The van der Waals surface area contributed by atoms with Gasteiger partial charge in [0.1, 0.15) is 5.82 Å². The second kappa shape index (κ2) is 4.70. The summed E-state index contributed by atoms with van der Waals surface area (Å²) >= 11 is 6.09. The van der Waals surface area contributed by atoms with Crippen LogP contribution in [0.25, 0.3) is 0 Å². The molecule has 0 amide bonds. The molecule has 1 aromatic heterocycles. The van der Waals surface area contributed by atoms with Gasteiger partial charge in [-0.1, -0.05) is 23.7 Å². The number of hydrogen-bond acceptors (Lipinski definition) is 3. The SMILES string of the molecule is Cc1nn(C)c2c1C(c1cccc(Cl)c1)=NCCN2. The van der Waals surface area contributed by atoms with E-state index >= 15 is 0 Å². The Balaban J connectivity index is 2.20. The number of rotatable bonds is 1. The van der Waals surface area contributed by atoms with E-state index in [2.05, 4.69) is 10.4 Å². The fraction of sp³-hybridized carbons (Fsp3) is 0.286. The van der Waals surface area contributed by atoms with Gasteiger partial charge in [0.2, 0.25) is 0 Å². The molecule has 2 heterocycles. The lowest BCUT2D eigenvalue weighted by atomic mass is 10.0. The number of anilines is 1. The van der Waals surface area contributed by atoms with E-state index in [1.54, 1.807) is 0 Å². The van der Waals surface area contributed by atoms with Crippen molar-refractivity contribution in [2.45, 2.75) is 6.92 Å². The highest BCUT2D eigenvalue weighted by molar-refractivity contribution is 6.31. The van der Waals surface area contributed by atoms with Crippen LogP contribution in [-0.4, -0.2) is 28.6 Å². The van der Waals surface area contributed by atoms with Gasteiger partial charge in [-0.2, -0.15) is 5.10 Å². The minimum Gasteiger partial charge on any atom is -0.368 e. The number of aliphatic imine (C=N–C) groups is 1. The first kappa shape index (κ1) is 12.2. The molecule has 4 nitrogen and oxygen atoms in total. The summed E-state index contributed by atoms with van der Waals surface area (Å²) in [5, 5.41) is 8.58. The number of benzene rings is 1. The van der Waals surface area contributed by atoms with Gasteiger partial charge in [-0.3, -0.25) is 9.67 Å². The number of fused-ring (bicyclic) bond motifs is 1. The topological polar surface area (TPSA) is 42.2 Å². The molecule has 1 aliphatic rings. The Morgan fingerprint density at radius 3 is 3.00 bits per heavy atom. The molecule has 1 N–H and O–H groups in total. The van der Waals surface area contributed by atoms with Crippen LogP contribution in [0.1, 0.15) is 16.8 Å². The summed E-state index contributed by atoms with van der Waals surface area (Å²) in [4.78, 5) is 4.69. The molecule has 0 bridgehead atoms. The van der Waals surface area contributed by atoms with Gasteiger partial charge in [-0.25, -0.2) is 0 Å². The highest BCUT2D eigenvalue weighted by Gasteiger charge is 2.21. The zero-order valence-electron chi connectivity index (χ0n) is 10.9. The third-order valence-electron chi connectivity index (χ3n) is 3.23. The van der Waals surface area contributed by atoms with Crippen LogP contribution in [0.2, 0.25) is 5.02 Å². The molecule has 0 radical (unpaired) electrons. The molecule has 98 valence electrons. The van der Waals surface area contributed by atoms with Crippen LogP contribution < -0.4 is 5.32 Å². The van der Waals surface area contributed by atoms with E-state index in [0.717, 1.165) is 46.5 Å². The predicted molar refractivity (Wildman–Crippen MR) is 78.4 cm³/mol. The first-order chi connectivity index (χ1) is 9.16. The molecule has 2 aromatic rings. The van der Waals surface area contributed by atoms with Crippen LogP contribution >= 0.6 is 11.6 Å². The van der Waals surface area contributed by atoms with Crippen molar-refractivity contribution in [3.8, 4) is 0 Å². The number of aromatic nitrogens is 2. The number of halogens is 1. The summed E-state index contributed by atoms with van der Waals surface area (Å²) in [5.41, 5.74) is 4.05. The van der Waals surface area contributed by atoms with Crippen molar-refractivity contribution in [2.75, 3.05) is 18.4 Å². The summed E-state index contributed by atoms with van der Waals surface area (Å²) in [6.07, 6.45) is 0. The van der Waals surface area contributed by atoms with Gasteiger partial charge in [0.25, 0.3) is 0 Å². The lowest BCUT2D eigenvalue weighted by Crippen LogP contribution is -2.08. The molecular weight excluding hydrogens is 260 g/mol. The van der Waals surface area contributed by atoms with Crippen molar-refractivity contribution in [3.05, 3.63) is 46.1 Å². The molecule has 0 unspecified atom stereocenters. The van der Waals surface area contributed by atoms with Gasteiger partial charge in [-0.15, -0.1) is 0 Å². The lowest BCUT2D eigenvalue weighted by Gasteiger charge is -2.07. The molecule has 0 atom stereocenters. The van der Waals surface area contributed by atoms with Crippen LogP contribution in [0.15, 0.2) is 29.3 Å². The number of nitrogens with zero attached hydrogens (tertiary/aromatic N) is 3. The second-order valence-corrected chi connectivity index (χ2v) is 5.04. The van der Waals surface area contributed by atoms with E-state index in [0.29, 0.717) is 0 Å². The number of nitrogens with one attached hydrogen (secondary N) is 1. The fourth-order valence-corrected chi connectivity index (χ4v) is 2.63. The maximum atomic E-state index is 6.09. The summed E-state index contributed by atoms with van der Waals surface area (Å²) in [6, 6.07) is 7.80. The lowest BCUT2D eigenvalue weighted by molar-refractivity contribution is 0.758. The van der Waals surface area contributed by atoms with Crippen molar-refractivity contribution in [3.63, 3.8) is 0 Å². The molecule has 0 saturated heterocycles. The monoisotopic (exact) mass is 274 g/mol. The Bertz CT molecular complexity index is 657. The minimum absolute atomic E-state index is 0.723. The molecular formula is C14H15ClN4. The normalized spacial score (nSPS) is 14.4. The maximum absolute atomic E-state index is 6.09. The second-order valence-electron chi connectivity index (χ2n) is 4.60. The van der Waals surface area contributed by atoms with Crippen LogP contribution in [0, 0.1) is 6.92 Å². The van der Waals surface area contributed by atoms with E-state index in [1.807, 2.05) is 42.9 Å². The fourth-order valence-electron chi connectivity index (χ4n) is 2.44. The Hall–Kier alpha value is -1.81. The van der Waals surface area contributed by atoms with Gasteiger partial charge in [0, 0.05) is 24.2 Å². The summed E-state index contributed by atoms with van der Waals surface area (Å²) in [6.45, 7) is 3.57. The Labute approximate surface area is 117 Å².